The number of hydrogen-bond donors (Lipinski definition) is 2. The lowest BCUT2D eigenvalue weighted by molar-refractivity contribution is -0.135. The number of halogens is 1. The van der Waals surface area contributed by atoms with Gasteiger partial charge in [-0.15, -0.1) is 0 Å². The Morgan fingerprint density at radius 1 is 1.52 bits per heavy atom. The summed E-state index contributed by atoms with van der Waals surface area (Å²) in [6.45, 7) is 1.88. The second-order valence-electron chi connectivity index (χ2n) is 5.88. The molecule has 0 spiro atoms. The van der Waals surface area contributed by atoms with E-state index in [0.29, 0.717) is 5.70 Å². The van der Waals surface area contributed by atoms with Crippen LogP contribution in [0.5, 0.6) is 0 Å². The maximum atomic E-state index is 12.1. The molecule has 1 aliphatic carbocycles. The van der Waals surface area contributed by atoms with Gasteiger partial charge < -0.3 is 20.0 Å². The molecule has 1 aromatic carbocycles. The van der Waals surface area contributed by atoms with Crippen LogP contribution in [0.1, 0.15) is 23.7 Å². The Morgan fingerprint density at radius 2 is 2.32 bits per heavy atom. The van der Waals surface area contributed by atoms with Gasteiger partial charge >= 0.3 is 5.97 Å². The summed E-state index contributed by atoms with van der Waals surface area (Å²) in [5.41, 5.74) is 2.78. The Balaban J connectivity index is 1.96. The summed E-state index contributed by atoms with van der Waals surface area (Å²) in [6.07, 6.45) is 3.62. The molecule has 0 radical (unpaired) electrons. The monoisotopic (exact) mass is 403 g/mol. The number of nitrogens with zero attached hydrogens (tertiary/aromatic N) is 1. The summed E-state index contributed by atoms with van der Waals surface area (Å²) in [5, 5.41) is 14.8. The maximum absolute atomic E-state index is 12.1. The Bertz CT molecular complexity index is 844. The molecule has 0 saturated heterocycles. The number of allylic oxidation sites excluding steroid dienone is 1. The molecule has 2 aromatic rings. The normalized spacial score (nSPS) is 19.8. The quantitative estimate of drug-likeness (QED) is 0.431. The third kappa shape index (κ3) is 3.66. The van der Waals surface area contributed by atoms with Crippen molar-refractivity contribution in [1.29, 1.82) is 5.41 Å². The van der Waals surface area contributed by atoms with E-state index in [1.54, 1.807) is 6.20 Å². The lowest BCUT2D eigenvalue weighted by atomic mass is 10.1. The van der Waals surface area contributed by atoms with Crippen molar-refractivity contribution in [3.8, 4) is 0 Å². The number of carbonyl (C=O) groups is 1. The summed E-state index contributed by atoms with van der Waals surface area (Å²) in [5.74, 6) is 0.539. The van der Waals surface area contributed by atoms with Crippen LogP contribution in [-0.2, 0) is 9.53 Å². The zero-order valence-corrected chi connectivity index (χ0v) is 15.5. The lowest BCUT2D eigenvalue weighted by Gasteiger charge is -2.14. The lowest BCUT2D eigenvalue weighted by Crippen LogP contribution is -2.15. The summed E-state index contributed by atoms with van der Waals surface area (Å²) < 4.78 is 10.9. The first-order chi connectivity index (χ1) is 12.0. The summed E-state index contributed by atoms with van der Waals surface area (Å²) >= 11 is 3.44. The molecule has 6 nitrogen and oxygen atoms in total. The zero-order chi connectivity index (χ0) is 18.0. The van der Waals surface area contributed by atoms with E-state index in [1.165, 1.54) is 7.11 Å². The van der Waals surface area contributed by atoms with Crippen LogP contribution in [0.2, 0.25) is 0 Å². The van der Waals surface area contributed by atoms with Crippen LogP contribution < -0.4 is 5.32 Å². The first-order valence-corrected chi connectivity index (χ1v) is 8.61. The Labute approximate surface area is 153 Å². The molecule has 130 valence electrons. The van der Waals surface area contributed by atoms with Crippen LogP contribution in [-0.4, -0.2) is 24.5 Å². The SMILES string of the molecule is COC(=O)/C(C=N)=C(/Nc1cccc(Br)c1)C1CC1c1cnoc1C. The first kappa shape index (κ1) is 17.4. The maximum Gasteiger partial charge on any atom is 0.341 e. The van der Waals surface area contributed by atoms with Gasteiger partial charge in [-0.2, -0.15) is 0 Å². The van der Waals surface area contributed by atoms with Crippen molar-refractivity contribution in [1.82, 2.24) is 5.16 Å². The first-order valence-electron chi connectivity index (χ1n) is 7.81. The fourth-order valence-electron chi connectivity index (χ4n) is 2.96. The highest BCUT2D eigenvalue weighted by molar-refractivity contribution is 9.10. The van der Waals surface area contributed by atoms with E-state index in [2.05, 4.69) is 26.4 Å². The van der Waals surface area contributed by atoms with Crippen LogP contribution in [0.3, 0.4) is 0 Å². The van der Waals surface area contributed by atoms with Gasteiger partial charge in [0, 0.05) is 33.6 Å². The highest BCUT2D eigenvalue weighted by Gasteiger charge is 2.45. The third-order valence-electron chi connectivity index (χ3n) is 4.29. The standard InChI is InChI=1S/C18H18BrN3O3/c1-10-16(9-21-25-10)13-7-14(13)17(15(8-20)18(23)24-2)22-12-5-3-4-11(19)6-12/h3-6,8-9,13-14,20,22H,7H2,1-2H3/b17-15+,20-8?. The van der Waals surface area contributed by atoms with Crippen LogP contribution in [0.15, 0.2) is 50.7 Å². The largest absolute Gasteiger partial charge is 0.465 e. The van der Waals surface area contributed by atoms with Crippen LogP contribution in [0.25, 0.3) is 0 Å². The summed E-state index contributed by atoms with van der Waals surface area (Å²) in [7, 11) is 1.32. The van der Waals surface area contributed by atoms with Gasteiger partial charge in [-0.3, -0.25) is 0 Å². The van der Waals surface area contributed by atoms with E-state index in [1.807, 2.05) is 31.2 Å². The van der Waals surface area contributed by atoms with Crippen LogP contribution in [0.4, 0.5) is 5.69 Å². The molecule has 1 saturated carbocycles. The van der Waals surface area contributed by atoms with Crippen molar-refractivity contribution in [2.45, 2.75) is 19.3 Å². The Kier molecular flexibility index (Phi) is 5.03. The zero-order valence-electron chi connectivity index (χ0n) is 13.9. The van der Waals surface area contributed by atoms with Crippen LogP contribution in [0, 0.1) is 18.3 Å². The molecule has 1 aromatic heterocycles. The second kappa shape index (κ2) is 7.23. The topological polar surface area (TPSA) is 88.2 Å². The van der Waals surface area contributed by atoms with Gasteiger partial charge in [0.05, 0.1) is 18.9 Å². The minimum atomic E-state index is -0.528. The number of carbonyl (C=O) groups excluding carboxylic acids is 1. The van der Waals surface area contributed by atoms with Crippen molar-refractivity contribution in [2.24, 2.45) is 5.92 Å². The molecule has 25 heavy (non-hydrogen) atoms. The molecule has 2 atom stereocenters. The molecule has 1 heterocycles. The van der Waals surface area contributed by atoms with Crippen LogP contribution >= 0.6 is 15.9 Å². The molecule has 0 aliphatic heterocycles. The number of esters is 1. The molecule has 2 N–H and O–H groups in total. The van der Waals surface area contributed by atoms with Gasteiger partial charge in [-0.25, -0.2) is 4.79 Å². The van der Waals surface area contributed by atoms with E-state index >= 15 is 0 Å². The number of hydrogen-bond acceptors (Lipinski definition) is 6. The molecular formula is C18H18BrN3O3. The van der Waals surface area contributed by atoms with Crippen molar-refractivity contribution < 1.29 is 14.1 Å². The number of benzene rings is 1. The molecule has 3 rings (SSSR count). The van der Waals surface area contributed by atoms with Gasteiger partial charge in [-0.05, 0) is 37.5 Å². The number of rotatable bonds is 6. The second-order valence-corrected chi connectivity index (χ2v) is 6.80. The highest BCUT2D eigenvalue weighted by atomic mass is 79.9. The summed E-state index contributed by atoms with van der Waals surface area (Å²) in [4.78, 5) is 12.1. The molecule has 0 bridgehead atoms. The van der Waals surface area contributed by atoms with E-state index in [4.69, 9.17) is 14.7 Å². The predicted octanol–water partition coefficient (Wildman–Crippen LogP) is 4.04. The minimum absolute atomic E-state index is 0.0766. The van der Waals surface area contributed by atoms with E-state index < -0.39 is 5.97 Å². The third-order valence-corrected chi connectivity index (χ3v) is 4.79. The van der Waals surface area contributed by atoms with Gasteiger partial charge in [-0.1, -0.05) is 27.2 Å². The molecular weight excluding hydrogens is 386 g/mol. The fraction of sp³-hybridized carbons (Fsp3) is 0.278. The van der Waals surface area contributed by atoms with Gasteiger partial charge in [0.25, 0.3) is 0 Å². The molecule has 7 heteroatoms. The van der Waals surface area contributed by atoms with Gasteiger partial charge in [0.2, 0.25) is 0 Å². The Morgan fingerprint density at radius 3 is 2.92 bits per heavy atom. The van der Waals surface area contributed by atoms with Crippen molar-refractivity contribution in [3.05, 3.63) is 57.5 Å². The molecule has 1 aliphatic rings. The van der Waals surface area contributed by atoms with E-state index in [-0.39, 0.29) is 17.4 Å². The van der Waals surface area contributed by atoms with Gasteiger partial charge in [0.15, 0.2) is 0 Å². The number of ether oxygens (including phenoxy) is 1. The molecule has 0 amide bonds. The number of nitrogens with one attached hydrogen (secondary N) is 2. The average Bonchev–Trinajstić information content (AvgIpc) is 3.27. The van der Waals surface area contributed by atoms with E-state index in [9.17, 15) is 4.79 Å². The number of methoxy groups -OCH3 is 1. The minimum Gasteiger partial charge on any atom is -0.465 e. The Hall–Kier alpha value is -2.41. The molecule has 1 fully saturated rings. The number of aryl methyl sites for hydroxylation is 1. The van der Waals surface area contributed by atoms with Crippen molar-refractivity contribution >= 4 is 33.8 Å². The smallest absolute Gasteiger partial charge is 0.341 e. The van der Waals surface area contributed by atoms with Gasteiger partial charge in [0.1, 0.15) is 5.76 Å². The number of aromatic nitrogens is 1. The highest BCUT2D eigenvalue weighted by Crippen LogP contribution is 2.53. The van der Waals surface area contributed by atoms with Crippen molar-refractivity contribution in [3.63, 3.8) is 0 Å². The number of anilines is 1. The average molecular weight is 404 g/mol. The van der Waals surface area contributed by atoms with E-state index in [0.717, 1.165) is 34.1 Å². The predicted molar refractivity (Wildman–Crippen MR) is 97.7 cm³/mol. The molecule has 2 unspecified atom stereocenters. The summed E-state index contributed by atoms with van der Waals surface area (Å²) in [6, 6.07) is 7.65. The fourth-order valence-corrected chi connectivity index (χ4v) is 3.36. The van der Waals surface area contributed by atoms with Crippen molar-refractivity contribution in [2.75, 3.05) is 12.4 Å².